The lowest BCUT2D eigenvalue weighted by Gasteiger charge is -2.27. The van der Waals surface area contributed by atoms with Crippen molar-refractivity contribution in [1.82, 2.24) is 5.32 Å². The maximum atomic E-state index is 11.6. The van der Waals surface area contributed by atoms with Gasteiger partial charge in [0.2, 0.25) is 0 Å². The van der Waals surface area contributed by atoms with Gasteiger partial charge in [-0.05, 0) is 12.1 Å². The van der Waals surface area contributed by atoms with E-state index in [2.05, 4.69) is 5.32 Å². The van der Waals surface area contributed by atoms with Crippen LogP contribution in [0.3, 0.4) is 0 Å². The molecule has 0 aliphatic carbocycles. The van der Waals surface area contributed by atoms with Crippen molar-refractivity contribution in [3.8, 4) is 0 Å². The van der Waals surface area contributed by atoms with Gasteiger partial charge in [0.1, 0.15) is 6.04 Å². The van der Waals surface area contributed by atoms with Crippen LogP contribution in [-0.4, -0.2) is 37.0 Å². The van der Waals surface area contributed by atoms with Crippen LogP contribution in [0.5, 0.6) is 0 Å². The number of hydrogen-bond acceptors (Lipinski definition) is 5. The summed E-state index contributed by atoms with van der Waals surface area (Å²) in [7, 11) is -3.34. The highest BCUT2D eigenvalue weighted by Crippen LogP contribution is 2.30. The predicted octanol–water partition coefficient (Wildman–Crippen LogP) is 0.914. The second-order valence-electron chi connectivity index (χ2n) is 3.83. The Labute approximate surface area is 107 Å². The zero-order valence-corrected chi connectivity index (χ0v) is 11.0. The molecule has 1 aliphatic rings. The van der Waals surface area contributed by atoms with Crippen molar-refractivity contribution in [3.63, 3.8) is 0 Å². The van der Waals surface area contributed by atoms with E-state index in [1.54, 1.807) is 12.1 Å². The third-order valence-electron chi connectivity index (χ3n) is 2.48. The van der Waals surface area contributed by atoms with Crippen LogP contribution in [0.4, 0.5) is 0 Å². The Morgan fingerprint density at radius 2 is 2.18 bits per heavy atom. The predicted molar refractivity (Wildman–Crippen MR) is 65.3 cm³/mol. The van der Waals surface area contributed by atoms with E-state index in [4.69, 9.17) is 16.7 Å². The molecule has 0 amide bonds. The number of hydrogen-bond donors (Lipinski definition) is 2. The molecule has 1 saturated heterocycles. The molecule has 0 aromatic carbocycles. The lowest BCUT2D eigenvalue weighted by molar-refractivity contribution is -0.139. The molecule has 0 saturated carbocycles. The van der Waals surface area contributed by atoms with Crippen molar-refractivity contribution in [3.05, 3.63) is 21.3 Å². The fraction of sp³-hybridized carbons (Fsp3) is 0.444. The van der Waals surface area contributed by atoms with Gasteiger partial charge in [-0.25, -0.2) is 8.42 Å². The normalized spacial score (nSPS) is 27.8. The first-order chi connectivity index (χ1) is 7.87. The molecule has 2 atom stereocenters. The molecule has 2 rings (SSSR count). The summed E-state index contributed by atoms with van der Waals surface area (Å²) in [6.07, 6.45) is 0. The lowest BCUT2D eigenvalue weighted by atomic mass is 10.2. The van der Waals surface area contributed by atoms with E-state index in [1.165, 1.54) is 11.3 Å². The second-order valence-corrected chi connectivity index (χ2v) is 7.73. The van der Waals surface area contributed by atoms with Crippen LogP contribution in [0.1, 0.15) is 10.9 Å². The summed E-state index contributed by atoms with van der Waals surface area (Å²) in [6, 6.07) is 1.83. The van der Waals surface area contributed by atoms with Gasteiger partial charge in [0.15, 0.2) is 9.84 Å². The van der Waals surface area contributed by atoms with Gasteiger partial charge in [-0.15, -0.1) is 11.3 Å². The molecule has 2 heterocycles. The molecule has 2 N–H and O–H groups in total. The first-order valence-corrected chi connectivity index (χ1v) is 7.83. The van der Waals surface area contributed by atoms with Gasteiger partial charge in [0.05, 0.1) is 21.9 Å². The highest BCUT2D eigenvalue weighted by Gasteiger charge is 2.36. The molecule has 0 spiro atoms. The molecule has 17 heavy (non-hydrogen) atoms. The second kappa shape index (κ2) is 4.56. The summed E-state index contributed by atoms with van der Waals surface area (Å²) in [6.45, 7) is 0. The Hall–Kier alpha value is -0.630. The van der Waals surface area contributed by atoms with E-state index < -0.39 is 27.9 Å². The molecule has 1 fully saturated rings. The minimum absolute atomic E-state index is 0.0897. The fourth-order valence-electron chi connectivity index (χ4n) is 1.74. The average molecular weight is 296 g/mol. The van der Waals surface area contributed by atoms with E-state index in [1.807, 2.05) is 0 Å². The smallest absolute Gasteiger partial charge is 0.321 e. The third kappa shape index (κ3) is 2.98. The number of thiophene rings is 1. The van der Waals surface area contributed by atoms with E-state index in [-0.39, 0.29) is 11.5 Å². The Bertz CT molecular complexity index is 539. The van der Waals surface area contributed by atoms with E-state index in [9.17, 15) is 13.2 Å². The first kappa shape index (κ1) is 12.8. The fourth-order valence-corrected chi connectivity index (χ4v) is 4.63. The molecule has 8 heteroatoms. The molecule has 94 valence electrons. The van der Waals surface area contributed by atoms with Crippen LogP contribution >= 0.6 is 22.9 Å². The molecule has 1 aromatic heterocycles. The van der Waals surface area contributed by atoms with Crippen molar-refractivity contribution in [1.29, 1.82) is 0 Å². The molecule has 1 aromatic rings. The van der Waals surface area contributed by atoms with Crippen LogP contribution in [0.15, 0.2) is 12.1 Å². The molecule has 1 aliphatic heterocycles. The lowest BCUT2D eigenvalue weighted by Crippen LogP contribution is -2.50. The summed E-state index contributed by atoms with van der Waals surface area (Å²) in [5.41, 5.74) is 0. The van der Waals surface area contributed by atoms with Crippen LogP contribution in [0, 0.1) is 0 Å². The molecule has 0 bridgehead atoms. The Morgan fingerprint density at radius 3 is 2.71 bits per heavy atom. The van der Waals surface area contributed by atoms with Gasteiger partial charge in [-0.2, -0.15) is 0 Å². The number of carbonyl (C=O) groups is 1. The Kier molecular flexibility index (Phi) is 3.44. The first-order valence-electron chi connectivity index (χ1n) is 4.82. The van der Waals surface area contributed by atoms with Gasteiger partial charge in [0, 0.05) is 4.88 Å². The topological polar surface area (TPSA) is 83.5 Å². The maximum Gasteiger partial charge on any atom is 0.321 e. The molecular formula is C9H10ClNO4S2. The largest absolute Gasteiger partial charge is 0.480 e. The number of rotatable bonds is 2. The van der Waals surface area contributed by atoms with Crippen molar-refractivity contribution < 1.29 is 18.3 Å². The van der Waals surface area contributed by atoms with Gasteiger partial charge >= 0.3 is 5.97 Å². The molecule has 2 unspecified atom stereocenters. The van der Waals surface area contributed by atoms with Crippen LogP contribution < -0.4 is 5.32 Å². The van der Waals surface area contributed by atoms with Gasteiger partial charge in [-0.3, -0.25) is 10.1 Å². The SMILES string of the molecule is O=C(O)C1CS(=O)(=O)CC(c2ccc(Cl)s2)N1. The van der Waals surface area contributed by atoms with E-state index in [0.29, 0.717) is 4.34 Å². The quantitative estimate of drug-likeness (QED) is 0.847. The van der Waals surface area contributed by atoms with Crippen molar-refractivity contribution in [2.45, 2.75) is 12.1 Å². The Morgan fingerprint density at radius 1 is 1.47 bits per heavy atom. The minimum atomic E-state index is -3.34. The standard InChI is InChI=1S/C9H10ClNO4S2/c10-8-2-1-7(16-8)5-3-17(14,15)4-6(11-5)9(12)13/h1-2,5-6,11H,3-4H2,(H,12,13). The zero-order chi connectivity index (χ0) is 12.6. The molecule has 5 nitrogen and oxygen atoms in total. The number of carboxylic acids is 1. The van der Waals surface area contributed by atoms with Crippen LogP contribution in [0.2, 0.25) is 4.34 Å². The van der Waals surface area contributed by atoms with Crippen LogP contribution in [0.25, 0.3) is 0 Å². The number of aliphatic carboxylic acids is 1. The number of carboxylic acid groups (broad SMARTS) is 1. The summed E-state index contributed by atoms with van der Waals surface area (Å²) in [4.78, 5) is 11.6. The molecular weight excluding hydrogens is 286 g/mol. The van der Waals surface area contributed by atoms with E-state index >= 15 is 0 Å². The van der Waals surface area contributed by atoms with Crippen molar-refractivity contribution >= 4 is 38.7 Å². The van der Waals surface area contributed by atoms with Gasteiger partial charge in [0.25, 0.3) is 0 Å². The third-order valence-corrected chi connectivity index (χ3v) is 5.51. The molecule has 0 radical (unpaired) electrons. The summed E-state index contributed by atoms with van der Waals surface area (Å²) >= 11 is 7.03. The monoisotopic (exact) mass is 295 g/mol. The van der Waals surface area contributed by atoms with Crippen LogP contribution in [-0.2, 0) is 14.6 Å². The average Bonchev–Trinajstić information content (AvgIpc) is 2.62. The Balaban J connectivity index is 2.27. The number of halogens is 1. The van der Waals surface area contributed by atoms with E-state index in [0.717, 1.165) is 4.88 Å². The zero-order valence-electron chi connectivity index (χ0n) is 8.59. The summed E-state index contributed by atoms with van der Waals surface area (Å²) in [5.74, 6) is -1.60. The highest BCUT2D eigenvalue weighted by molar-refractivity contribution is 7.91. The highest BCUT2D eigenvalue weighted by atomic mass is 35.5. The summed E-state index contributed by atoms with van der Waals surface area (Å²) < 4.78 is 23.8. The number of nitrogens with one attached hydrogen (secondary N) is 1. The van der Waals surface area contributed by atoms with Gasteiger partial charge in [-0.1, -0.05) is 11.6 Å². The van der Waals surface area contributed by atoms with Crippen molar-refractivity contribution in [2.24, 2.45) is 0 Å². The van der Waals surface area contributed by atoms with Gasteiger partial charge < -0.3 is 5.11 Å². The summed E-state index contributed by atoms with van der Waals surface area (Å²) in [5, 5.41) is 11.7. The minimum Gasteiger partial charge on any atom is -0.480 e. The maximum absolute atomic E-state index is 11.6. The van der Waals surface area contributed by atoms with Crippen molar-refractivity contribution in [2.75, 3.05) is 11.5 Å². The number of sulfone groups is 1.